The fraction of sp³-hybridized carbons (Fsp3) is 0.294. The summed E-state index contributed by atoms with van der Waals surface area (Å²) in [5.41, 5.74) is 1.95. The molecule has 0 bridgehead atoms. The van der Waals surface area contributed by atoms with Crippen LogP contribution in [-0.2, 0) is 13.2 Å². The topological polar surface area (TPSA) is 30.5 Å². The van der Waals surface area contributed by atoms with E-state index in [4.69, 9.17) is 32.7 Å². The highest BCUT2D eigenvalue weighted by Gasteiger charge is 2.13. The molecule has 126 valence electrons. The summed E-state index contributed by atoms with van der Waals surface area (Å²) in [6.45, 7) is 3.52. The Morgan fingerprint density at radius 1 is 1.04 bits per heavy atom. The number of nitrogens with one attached hydrogen (secondary N) is 1. The Hall–Kier alpha value is -1.13. The van der Waals surface area contributed by atoms with Gasteiger partial charge in [-0.2, -0.15) is 0 Å². The number of rotatable bonds is 7. The second-order valence-electron chi connectivity index (χ2n) is 4.75. The normalized spacial score (nSPS) is 10.1. The first-order chi connectivity index (χ1) is 10.7. The fourth-order valence-electron chi connectivity index (χ4n) is 2.10. The van der Waals surface area contributed by atoms with Crippen molar-refractivity contribution in [3.05, 3.63) is 57.6 Å². The van der Waals surface area contributed by atoms with Gasteiger partial charge in [-0.05, 0) is 37.7 Å². The lowest BCUT2D eigenvalue weighted by Crippen LogP contribution is -2.07. The monoisotopic (exact) mass is 375 g/mol. The van der Waals surface area contributed by atoms with Crippen LogP contribution in [0.25, 0.3) is 0 Å². The van der Waals surface area contributed by atoms with Crippen LogP contribution in [0.4, 0.5) is 0 Å². The van der Waals surface area contributed by atoms with Crippen molar-refractivity contribution in [2.75, 3.05) is 13.7 Å². The summed E-state index contributed by atoms with van der Waals surface area (Å²) in [5, 5.41) is 4.29. The number of benzene rings is 2. The van der Waals surface area contributed by atoms with Crippen LogP contribution in [0.15, 0.2) is 36.4 Å². The van der Waals surface area contributed by atoms with Crippen LogP contribution in [0.3, 0.4) is 0 Å². The maximum Gasteiger partial charge on any atom is 0.180 e. The molecule has 0 unspecified atom stereocenters. The Kier molecular flexibility index (Phi) is 8.56. The van der Waals surface area contributed by atoms with Crippen LogP contribution < -0.4 is 14.8 Å². The van der Waals surface area contributed by atoms with Gasteiger partial charge in [-0.1, -0.05) is 41.4 Å². The molecule has 0 amide bonds. The lowest BCUT2D eigenvalue weighted by Gasteiger charge is -2.15. The van der Waals surface area contributed by atoms with Gasteiger partial charge in [0.15, 0.2) is 11.5 Å². The fourth-order valence-corrected chi connectivity index (χ4v) is 2.57. The van der Waals surface area contributed by atoms with Crippen molar-refractivity contribution in [2.24, 2.45) is 0 Å². The number of ether oxygens (including phenoxy) is 2. The highest BCUT2D eigenvalue weighted by Crippen LogP contribution is 2.37. The predicted molar refractivity (Wildman–Crippen MR) is 98.4 cm³/mol. The highest BCUT2D eigenvalue weighted by molar-refractivity contribution is 6.32. The Morgan fingerprint density at radius 2 is 1.78 bits per heavy atom. The molecule has 0 fully saturated rings. The molecule has 23 heavy (non-hydrogen) atoms. The molecular weight excluding hydrogens is 357 g/mol. The lowest BCUT2D eigenvalue weighted by atomic mass is 10.2. The van der Waals surface area contributed by atoms with E-state index in [1.165, 1.54) is 0 Å². The third kappa shape index (κ3) is 5.47. The van der Waals surface area contributed by atoms with Crippen LogP contribution in [0.1, 0.15) is 18.1 Å². The van der Waals surface area contributed by atoms with Gasteiger partial charge in [0.05, 0.1) is 11.6 Å². The van der Waals surface area contributed by atoms with Gasteiger partial charge < -0.3 is 14.8 Å². The summed E-state index contributed by atoms with van der Waals surface area (Å²) in [6, 6.07) is 11.4. The molecule has 0 spiro atoms. The van der Waals surface area contributed by atoms with Gasteiger partial charge in [0.2, 0.25) is 0 Å². The Labute approximate surface area is 153 Å². The summed E-state index contributed by atoms with van der Waals surface area (Å²) in [7, 11) is 1.88. The zero-order valence-electron chi connectivity index (χ0n) is 13.1. The van der Waals surface area contributed by atoms with Crippen molar-refractivity contribution in [1.82, 2.24) is 5.32 Å². The number of halogens is 3. The largest absolute Gasteiger partial charge is 0.490 e. The summed E-state index contributed by atoms with van der Waals surface area (Å²) in [4.78, 5) is 0. The molecule has 2 aromatic carbocycles. The molecule has 3 nitrogen and oxygen atoms in total. The Bertz CT molecular complexity index is 635. The van der Waals surface area contributed by atoms with E-state index < -0.39 is 0 Å². The van der Waals surface area contributed by atoms with Crippen molar-refractivity contribution in [3.8, 4) is 11.5 Å². The van der Waals surface area contributed by atoms with Gasteiger partial charge in [0, 0.05) is 17.1 Å². The SMILES string of the molecule is CCOc1cc(CNC)cc(Cl)c1OCc1ccccc1Cl.Cl. The summed E-state index contributed by atoms with van der Waals surface area (Å²) in [5.74, 6) is 1.19. The quantitative estimate of drug-likeness (QED) is 0.728. The van der Waals surface area contributed by atoms with Gasteiger partial charge in [0.1, 0.15) is 6.61 Å². The van der Waals surface area contributed by atoms with Crippen molar-refractivity contribution in [3.63, 3.8) is 0 Å². The van der Waals surface area contributed by atoms with Gasteiger partial charge in [-0.25, -0.2) is 0 Å². The van der Waals surface area contributed by atoms with Crippen LogP contribution in [0.5, 0.6) is 11.5 Å². The van der Waals surface area contributed by atoms with E-state index in [1.807, 2.05) is 50.4 Å². The van der Waals surface area contributed by atoms with Gasteiger partial charge in [0.25, 0.3) is 0 Å². The minimum Gasteiger partial charge on any atom is -0.490 e. The first kappa shape index (κ1) is 19.9. The van der Waals surface area contributed by atoms with E-state index in [9.17, 15) is 0 Å². The third-order valence-electron chi connectivity index (χ3n) is 3.08. The minimum atomic E-state index is 0. The molecule has 0 saturated carbocycles. The average molecular weight is 377 g/mol. The van der Waals surface area contributed by atoms with Gasteiger partial charge >= 0.3 is 0 Å². The molecule has 0 aromatic heterocycles. The maximum atomic E-state index is 6.35. The van der Waals surface area contributed by atoms with Crippen molar-refractivity contribution < 1.29 is 9.47 Å². The molecule has 2 rings (SSSR count). The summed E-state index contributed by atoms with van der Waals surface area (Å²) in [6.07, 6.45) is 0. The van der Waals surface area contributed by atoms with Gasteiger partial charge in [-0.3, -0.25) is 0 Å². The second kappa shape index (κ2) is 9.89. The molecule has 0 heterocycles. The third-order valence-corrected chi connectivity index (χ3v) is 3.73. The molecule has 2 aromatic rings. The first-order valence-electron chi connectivity index (χ1n) is 7.11. The highest BCUT2D eigenvalue weighted by atomic mass is 35.5. The molecule has 0 aliphatic rings. The van der Waals surface area contributed by atoms with Gasteiger partial charge in [-0.15, -0.1) is 12.4 Å². The predicted octanol–water partition coefficient (Wildman–Crippen LogP) is 5.11. The van der Waals surface area contributed by atoms with Crippen LogP contribution in [0.2, 0.25) is 10.0 Å². The molecule has 6 heteroatoms. The lowest BCUT2D eigenvalue weighted by molar-refractivity contribution is 0.269. The average Bonchev–Trinajstić information content (AvgIpc) is 2.49. The summed E-state index contributed by atoms with van der Waals surface area (Å²) < 4.78 is 11.5. The molecule has 0 atom stereocenters. The van der Waals surface area contributed by atoms with E-state index in [0.29, 0.717) is 41.3 Å². The second-order valence-corrected chi connectivity index (χ2v) is 5.56. The van der Waals surface area contributed by atoms with Crippen molar-refractivity contribution in [1.29, 1.82) is 0 Å². The number of hydrogen-bond acceptors (Lipinski definition) is 3. The molecular formula is C17H20Cl3NO2. The van der Waals surface area contributed by atoms with Crippen molar-refractivity contribution >= 4 is 35.6 Å². The van der Waals surface area contributed by atoms with Crippen LogP contribution in [0, 0.1) is 0 Å². The van der Waals surface area contributed by atoms with E-state index in [1.54, 1.807) is 0 Å². The smallest absolute Gasteiger partial charge is 0.180 e. The Morgan fingerprint density at radius 3 is 2.43 bits per heavy atom. The van der Waals surface area contributed by atoms with Crippen molar-refractivity contribution in [2.45, 2.75) is 20.1 Å². The molecule has 0 aliphatic carbocycles. The molecule has 0 saturated heterocycles. The van der Waals surface area contributed by atoms with Crippen LogP contribution in [-0.4, -0.2) is 13.7 Å². The molecule has 0 radical (unpaired) electrons. The standard InChI is InChI=1S/C17H19Cl2NO2.ClH/c1-3-21-16-9-12(10-20-2)8-15(19)17(16)22-11-13-6-4-5-7-14(13)18;/h4-9,20H,3,10-11H2,1-2H3;1H. The van der Waals surface area contributed by atoms with E-state index in [0.717, 1.165) is 11.1 Å². The first-order valence-corrected chi connectivity index (χ1v) is 7.87. The minimum absolute atomic E-state index is 0. The van der Waals surface area contributed by atoms with E-state index in [2.05, 4.69) is 5.32 Å². The molecule has 1 N–H and O–H groups in total. The van der Waals surface area contributed by atoms with E-state index >= 15 is 0 Å². The number of hydrogen-bond donors (Lipinski definition) is 1. The van der Waals surface area contributed by atoms with E-state index in [-0.39, 0.29) is 12.4 Å². The Balaban J connectivity index is 0.00000264. The zero-order valence-corrected chi connectivity index (χ0v) is 15.4. The van der Waals surface area contributed by atoms with Crippen LogP contribution >= 0.6 is 35.6 Å². The molecule has 0 aliphatic heterocycles. The zero-order chi connectivity index (χ0) is 15.9. The maximum absolute atomic E-state index is 6.35. The summed E-state index contributed by atoms with van der Waals surface area (Å²) >= 11 is 12.5.